The molecule has 1 aromatic rings. The number of aromatic nitrogens is 2. The smallest absolute Gasteiger partial charge is 0.244 e. The van der Waals surface area contributed by atoms with Gasteiger partial charge in [-0.15, -0.1) is 0 Å². The lowest BCUT2D eigenvalue weighted by Crippen LogP contribution is -2.33. The highest BCUT2D eigenvalue weighted by Gasteiger charge is 2.16. The molecule has 0 bridgehead atoms. The standard InChI is InChI=1S/C12H21ClN4O/c1-9-11(13)8-17(15-9)10(2)12(18)14-6-5-7-16(3)4/h8,10H,5-7H2,1-4H3,(H,14,18). The highest BCUT2D eigenvalue weighted by atomic mass is 35.5. The van der Waals surface area contributed by atoms with E-state index in [4.69, 9.17) is 11.6 Å². The van der Waals surface area contributed by atoms with Gasteiger partial charge in [0.1, 0.15) is 6.04 Å². The Morgan fingerprint density at radius 2 is 2.28 bits per heavy atom. The molecule has 1 amide bonds. The second-order valence-electron chi connectivity index (χ2n) is 4.67. The molecular weight excluding hydrogens is 252 g/mol. The largest absolute Gasteiger partial charge is 0.354 e. The van der Waals surface area contributed by atoms with Gasteiger partial charge in [-0.25, -0.2) is 0 Å². The van der Waals surface area contributed by atoms with Crippen molar-refractivity contribution in [1.82, 2.24) is 20.0 Å². The fourth-order valence-electron chi connectivity index (χ4n) is 1.53. The number of nitrogens with zero attached hydrogens (tertiary/aromatic N) is 3. The molecule has 1 aromatic heterocycles. The molecule has 5 nitrogen and oxygen atoms in total. The van der Waals surface area contributed by atoms with Crippen LogP contribution in [-0.4, -0.2) is 47.8 Å². The predicted molar refractivity (Wildman–Crippen MR) is 72.9 cm³/mol. The molecule has 0 aromatic carbocycles. The number of carbonyl (C=O) groups is 1. The first-order valence-corrected chi connectivity index (χ1v) is 6.43. The Balaban J connectivity index is 2.42. The van der Waals surface area contributed by atoms with Gasteiger partial charge < -0.3 is 10.2 Å². The van der Waals surface area contributed by atoms with Gasteiger partial charge in [-0.2, -0.15) is 5.10 Å². The van der Waals surface area contributed by atoms with Crippen molar-refractivity contribution in [2.24, 2.45) is 0 Å². The summed E-state index contributed by atoms with van der Waals surface area (Å²) in [6, 6.07) is -0.337. The zero-order valence-electron chi connectivity index (χ0n) is 11.4. The maximum atomic E-state index is 11.9. The summed E-state index contributed by atoms with van der Waals surface area (Å²) in [4.78, 5) is 14.0. The van der Waals surface area contributed by atoms with E-state index in [0.29, 0.717) is 11.6 Å². The van der Waals surface area contributed by atoms with E-state index in [0.717, 1.165) is 18.7 Å². The van der Waals surface area contributed by atoms with E-state index in [1.165, 1.54) is 0 Å². The fourth-order valence-corrected chi connectivity index (χ4v) is 1.67. The van der Waals surface area contributed by atoms with Crippen molar-refractivity contribution in [1.29, 1.82) is 0 Å². The van der Waals surface area contributed by atoms with Crippen LogP contribution in [0.3, 0.4) is 0 Å². The second kappa shape index (κ2) is 6.75. The first-order chi connectivity index (χ1) is 8.41. The fraction of sp³-hybridized carbons (Fsp3) is 0.667. The summed E-state index contributed by atoms with van der Waals surface area (Å²) in [5, 5.41) is 7.68. The molecule has 0 aliphatic carbocycles. The lowest BCUT2D eigenvalue weighted by molar-refractivity contribution is -0.124. The number of hydrogen-bond acceptors (Lipinski definition) is 3. The summed E-state index contributed by atoms with van der Waals surface area (Å²) in [7, 11) is 4.03. The van der Waals surface area contributed by atoms with Gasteiger partial charge >= 0.3 is 0 Å². The van der Waals surface area contributed by atoms with Crippen LogP contribution in [0.25, 0.3) is 0 Å². The maximum absolute atomic E-state index is 11.9. The molecule has 1 atom stereocenters. The van der Waals surface area contributed by atoms with Crippen LogP contribution in [0.4, 0.5) is 0 Å². The summed E-state index contributed by atoms with van der Waals surface area (Å²) < 4.78 is 1.60. The van der Waals surface area contributed by atoms with E-state index < -0.39 is 0 Å². The Morgan fingerprint density at radius 1 is 1.61 bits per heavy atom. The van der Waals surface area contributed by atoms with Gasteiger partial charge in [0, 0.05) is 12.7 Å². The predicted octanol–water partition coefficient (Wildman–Crippen LogP) is 1.47. The van der Waals surface area contributed by atoms with Gasteiger partial charge in [-0.1, -0.05) is 11.6 Å². The molecule has 0 spiro atoms. The molecule has 0 saturated heterocycles. The van der Waals surface area contributed by atoms with E-state index in [9.17, 15) is 4.79 Å². The summed E-state index contributed by atoms with van der Waals surface area (Å²) in [6.07, 6.45) is 2.62. The monoisotopic (exact) mass is 272 g/mol. The minimum Gasteiger partial charge on any atom is -0.354 e. The summed E-state index contributed by atoms with van der Waals surface area (Å²) in [5.74, 6) is -0.0343. The van der Waals surface area contributed by atoms with E-state index in [1.807, 2.05) is 27.9 Å². The molecule has 1 N–H and O–H groups in total. The van der Waals surface area contributed by atoms with Crippen molar-refractivity contribution in [2.45, 2.75) is 26.3 Å². The molecule has 0 radical (unpaired) electrons. The van der Waals surface area contributed by atoms with Crippen LogP contribution in [0.2, 0.25) is 5.02 Å². The van der Waals surface area contributed by atoms with Crippen molar-refractivity contribution >= 4 is 17.5 Å². The number of hydrogen-bond donors (Lipinski definition) is 1. The Morgan fingerprint density at radius 3 is 2.78 bits per heavy atom. The number of halogens is 1. The van der Waals surface area contributed by atoms with Crippen LogP contribution in [0.15, 0.2) is 6.20 Å². The van der Waals surface area contributed by atoms with Gasteiger partial charge in [0.15, 0.2) is 0 Å². The van der Waals surface area contributed by atoms with Crippen molar-refractivity contribution in [3.8, 4) is 0 Å². The molecule has 1 heterocycles. The molecule has 1 rings (SSSR count). The van der Waals surface area contributed by atoms with E-state index in [2.05, 4.69) is 15.3 Å². The minimum absolute atomic E-state index is 0.0343. The molecule has 0 aliphatic rings. The average Bonchev–Trinajstić information content (AvgIpc) is 2.63. The first kappa shape index (κ1) is 15.0. The van der Waals surface area contributed by atoms with E-state index in [-0.39, 0.29) is 11.9 Å². The lowest BCUT2D eigenvalue weighted by Gasteiger charge is -2.14. The molecule has 18 heavy (non-hydrogen) atoms. The Hall–Kier alpha value is -1.07. The zero-order valence-corrected chi connectivity index (χ0v) is 12.2. The van der Waals surface area contributed by atoms with E-state index >= 15 is 0 Å². The highest BCUT2D eigenvalue weighted by molar-refractivity contribution is 6.31. The Labute approximate surface area is 113 Å². The van der Waals surface area contributed by atoms with Crippen molar-refractivity contribution in [2.75, 3.05) is 27.2 Å². The first-order valence-electron chi connectivity index (χ1n) is 6.05. The number of amides is 1. The maximum Gasteiger partial charge on any atom is 0.244 e. The van der Waals surface area contributed by atoms with E-state index in [1.54, 1.807) is 10.9 Å². The van der Waals surface area contributed by atoms with Crippen LogP contribution in [0, 0.1) is 6.92 Å². The van der Waals surface area contributed by atoms with Gasteiger partial charge in [0.05, 0.1) is 10.7 Å². The van der Waals surface area contributed by atoms with Gasteiger partial charge in [-0.3, -0.25) is 9.48 Å². The lowest BCUT2D eigenvalue weighted by atomic mass is 10.3. The molecule has 102 valence electrons. The quantitative estimate of drug-likeness (QED) is 0.798. The van der Waals surface area contributed by atoms with Crippen LogP contribution in [-0.2, 0) is 4.79 Å². The number of nitrogens with one attached hydrogen (secondary N) is 1. The zero-order chi connectivity index (χ0) is 13.7. The molecule has 0 aliphatic heterocycles. The molecule has 6 heteroatoms. The SMILES string of the molecule is Cc1nn(C(C)C(=O)NCCCN(C)C)cc1Cl. The summed E-state index contributed by atoms with van der Waals surface area (Å²) >= 11 is 5.92. The number of carbonyl (C=O) groups excluding carboxylic acids is 1. The Kier molecular flexibility index (Phi) is 5.62. The third kappa shape index (κ3) is 4.31. The van der Waals surface area contributed by atoms with Gasteiger partial charge in [-0.05, 0) is 40.9 Å². The van der Waals surface area contributed by atoms with Crippen LogP contribution in [0.5, 0.6) is 0 Å². The van der Waals surface area contributed by atoms with Crippen LogP contribution in [0.1, 0.15) is 25.1 Å². The van der Waals surface area contributed by atoms with Crippen LogP contribution >= 0.6 is 11.6 Å². The minimum atomic E-state index is -0.337. The van der Waals surface area contributed by atoms with Crippen molar-refractivity contribution in [3.63, 3.8) is 0 Å². The van der Waals surface area contributed by atoms with Crippen LogP contribution < -0.4 is 5.32 Å². The number of aryl methyl sites for hydroxylation is 1. The molecule has 0 saturated carbocycles. The van der Waals surface area contributed by atoms with Crippen molar-refractivity contribution in [3.05, 3.63) is 16.9 Å². The number of rotatable bonds is 6. The van der Waals surface area contributed by atoms with Gasteiger partial charge in [0.25, 0.3) is 0 Å². The van der Waals surface area contributed by atoms with Crippen molar-refractivity contribution < 1.29 is 4.79 Å². The van der Waals surface area contributed by atoms with Gasteiger partial charge in [0.2, 0.25) is 5.91 Å². The summed E-state index contributed by atoms with van der Waals surface area (Å²) in [5.41, 5.74) is 0.740. The topological polar surface area (TPSA) is 50.2 Å². The highest BCUT2D eigenvalue weighted by Crippen LogP contribution is 2.15. The second-order valence-corrected chi connectivity index (χ2v) is 5.07. The third-order valence-electron chi connectivity index (χ3n) is 2.71. The molecular formula is C12H21ClN4O. The summed E-state index contributed by atoms with van der Waals surface area (Å²) in [6.45, 7) is 5.27. The molecule has 1 unspecified atom stereocenters. The third-order valence-corrected chi connectivity index (χ3v) is 3.09. The Bertz CT molecular complexity index is 383. The molecule has 0 fully saturated rings. The normalized spacial score (nSPS) is 12.8. The average molecular weight is 273 g/mol.